The molecule has 1 aliphatic heterocycles. The standard InChI is InChI=1S/C18H24N4/c1-13-5-3-4-6-15(13)16-11-18(21-12-17(16)20-2)22-9-7-14(19)8-10-22/h3-6,11-12,14,20H,7-10,19H2,1-2H3. The molecule has 0 bridgehead atoms. The number of aromatic nitrogens is 1. The first-order valence-corrected chi connectivity index (χ1v) is 7.93. The number of piperidine rings is 1. The molecule has 2 aromatic rings. The van der Waals surface area contributed by atoms with E-state index in [4.69, 9.17) is 5.73 Å². The molecule has 3 rings (SSSR count). The van der Waals surface area contributed by atoms with Crippen molar-refractivity contribution >= 4 is 11.5 Å². The van der Waals surface area contributed by atoms with Crippen molar-refractivity contribution in [1.29, 1.82) is 0 Å². The molecule has 0 radical (unpaired) electrons. The van der Waals surface area contributed by atoms with Crippen LogP contribution in [0.1, 0.15) is 18.4 Å². The maximum Gasteiger partial charge on any atom is 0.129 e. The summed E-state index contributed by atoms with van der Waals surface area (Å²) in [7, 11) is 1.94. The highest BCUT2D eigenvalue weighted by Gasteiger charge is 2.18. The monoisotopic (exact) mass is 296 g/mol. The van der Waals surface area contributed by atoms with Crippen LogP contribution in [0, 0.1) is 6.92 Å². The first kappa shape index (κ1) is 14.9. The number of rotatable bonds is 3. The fourth-order valence-corrected chi connectivity index (χ4v) is 3.04. The second-order valence-electron chi connectivity index (χ2n) is 5.98. The van der Waals surface area contributed by atoms with Gasteiger partial charge in [-0.2, -0.15) is 0 Å². The fraction of sp³-hybridized carbons (Fsp3) is 0.389. The minimum absolute atomic E-state index is 0.337. The fourth-order valence-electron chi connectivity index (χ4n) is 3.04. The van der Waals surface area contributed by atoms with Crippen LogP contribution in [0.4, 0.5) is 11.5 Å². The van der Waals surface area contributed by atoms with Crippen molar-refractivity contribution in [2.24, 2.45) is 5.73 Å². The molecule has 1 aliphatic rings. The number of nitrogens with one attached hydrogen (secondary N) is 1. The normalized spacial score (nSPS) is 15.9. The van der Waals surface area contributed by atoms with Gasteiger partial charge in [0.1, 0.15) is 5.82 Å². The van der Waals surface area contributed by atoms with Crippen LogP contribution in [0.3, 0.4) is 0 Å². The molecule has 1 aromatic heterocycles. The van der Waals surface area contributed by atoms with Crippen LogP contribution in [0.2, 0.25) is 0 Å². The van der Waals surface area contributed by atoms with Gasteiger partial charge in [0.05, 0.1) is 11.9 Å². The summed E-state index contributed by atoms with van der Waals surface area (Å²) in [6.45, 7) is 4.12. The number of pyridine rings is 1. The largest absolute Gasteiger partial charge is 0.386 e. The van der Waals surface area contributed by atoms with Crippen LogP contribution in [-0.2, 0) is 0 Å². The molecule has 116 valence electrons. The summed E-state index contributed by atoms with van der Waals surface area (Å²) in [6.07, 6.45) is 4.01. The van der Waals surface area contributed by atoms with Gasteiger partial charge in [-0.1, -0.05) is 24.3 Å². The van der Waals surface area contributed by atoms with E-state index in [0.717, 1.165) is 37.4 Å². The molecule has 2 heterocycles. The summed E-state index contributed by atoms with van der Waals surface area (Å²) in [6, 6.07) is 11.0. The maximum absolute atomic E-state index is 6.00. The summed E-state index contributed by atoms with van der Waals surface area (Å²) in [5, 5.41) is 3.26. The zero-order chi connectivity index (χ0) is 15.5. The summed E-state index contributed by atoms with van der Waals surface area (Å²) in [5.41, 5.74) is 10.8. The van der Waals surface area contributed by atoms with Gasteiger partial charge < -0.3 is 16.0 Å². The molecule has 3 N–H and O–H groups in total. The number of nitrogens with zero attached hydrogens (tertiary/aromatic N) is 2. The second kappa shape index (κ2) is 6.36. The Hall–Kier alpha value is -2.07. The predicted molar refractivity (Wildman–Crippen MR) is 93.4 cm³/mol. The molecular weight excluding hydrogens is 272 g/mol. The van der Waals surface area contributed by atoms with Crippen LogP contribution in [0.25, 0.3) is 11.1 Å². The van der Waals surface area contributed by atoms with E-state index in [9.17, 15) is 0 Å². The Morgan fingerprint density at radius 1 is 1.18 bits per heavy atom. The number of aryl methyl sites for hydroxylation is 1. The lowest BCUT2D eigenvalue weighted by Gasteiger charge is -2.31. The lowest BCUT2D eigenvalue weighted by atomic mass is 9.99. The molecule has 0 atom stereocenters. The minimum Gasteiger partial charge on any atom is -0.386 e. The van der Waals surface area contributed by atoms with E-state index in [0.29, 0.717) is 6.04 Å². The first-order valence-electron chi connectivity index (χ1n) is 7.93. The number of benzene rings is 1. The Bertz CT molecular complexity index is 645. The smallest absolute Gasteiger partial charge is 0.129 e. The summed E-state index contributed by atoms with van der Waals surface area (Å²) in [4.78, 5) is 6.97. The van der Waals surface area contributed by atoms with Crippen molar-refractivity contribution in [3.05, 3.63) is 42.1 Å². The second-order valence-corrected chi connectivity index (χ2v) is 5.98. The third-order valence-electron chi connectivity index (χ3n) is 4.46. The third kappa shape index (κ3) is 2.92. The van der Waals surface area contributed by atoms with Crippen molar-refractivity contribution in [2.45, 2.75) is 25.8 Å². The van der Waals surface area contributed by atoms with Gasteiger partial charge in [-0.3, -0.25) is 0 Å². The van der Waals surface area contributed by atoms with Gasteiger partial charge in [0.15, 0.2) is 0 Å². The Kier molecular flexibility index (Phi) is 4.29. The number of nitrogens with two attached hydrogens (primary N) is 1. The van der Waals surface area contributed by atoms with Gasteiger partial charge in [-0.05, 0) is 37.0 Å². The van der Waals surface area contributed by atoms with E-state index in [1.54, 1.807) is 0 Å². The SMILES string of the molecule is CNc1cnc(N2CCC(N)CC2)cc1-c1ccccc1C. The van der Waals surface area contributed by atoms with E-state index in [2.05, 4.69) is 52.5 Å². The average molecular weight is 296 g/mol. The summed E-state index contributed by atoms with van der Waals surface area (Å²) in [5.74, 6) is 1.05. The van der Waals surface area contributed by atoms with Crippen molar-refractivity contribution in [2.75, 3.05) is 30.4 Å². The van der Waals surface area contributed by atoms with E-state index < -0.39 is 0 Å². The predicted octanol–water partition coefficient (Wildman–Crippen LogP) is 3.03. The van der Waals surface area contributed by atoms with Gasteiger partial charge in [-0.25, -0.2) is 4.98 Å². The van der Waals surface area contributed by atoms with Crippen LogP contribution in [0.15, 0.2) is 36.5 Å². The topological polar surface area (TPSA) is 54.2 Å². The first-order chi connectivity index (χ1) is 10.7. The number of hydrogen-bond donors (Lipinski definition) is 2. The molecule has 0 aliphatic carbocycles. The van der Waals surface area contributed by atoms with Gasteiger partial charge in [-0.15, -0.1) is 0 Å². The summed E-state index contributed by atoms with van der Waals surface area (Å²) >= 11 is 0. The number of hydrogen-bond acceptors (Lipinski definition) is 4. The molecule has 4 heteroatoms. The Morgan fingerprint density at radius 2 is 1.91 bits per heavy atom. The Labute approximate surface area is 132 Å². The third-order valence-corrected chi connectivity index (χ3v) is 4.46. The van der Waals surface area contributed by atoms with Gasteiger partial charge in [0, 0.05) is 31.7 Å². The molecule has 0 amide bonds. The van der Waals surface area contributed by atoms with Crippen LogP contribution >= 0.6 is 0 Å². The molecular formula is C18H24N4. The van der Waals surface area contributed by atoms with Gasteiger partial charge in [0.25, 0.3) is 0 Å². The Balaban J connectivity index is 1.98. The van der Waals surface area contributed by atoms with E-state index in [1.807, 2.05) is 13.2 Å². The van der Waals surface area contributed by atoms with E-state index in [-0.39, 0.29) is 0 Å². The lowest BCUT2D eigenvalue weighted by molar-refractivity contribution is 0.499. The number of anilines is 2. The van der Waals surface area contributed by atoms with Crippen LogP contribution in [-0.4, -0.2) is 31.2 Å². The molecule has 1 fully saturated rings. The highest BCUT2D eigenvalue weighted by Crippen LogP contribution is 2.33. The molecule has 0 saturated carbocycles. The molecule has 0 spiro atoms. The van der Waals surface area contributed by atoms with Crippen LogP contribution in [0.5, 0.6) is 0 Å². The minimum atomic E-state index is 0.337. The van der Waals surface area contributed by atoms with E-state index in [1.165, 1.54) is 16.7 Å². The highest BCUT2D eigenvalue weighted by molar-refractivity contribution is 5.81. The summed E-state index contributed by atoms with van der Waals surface area (Å²) < 4.78 is 0. The highest BCUT2D eigenvalue weighted by atomic mass is 15.2. The molecule has 22 heavy (non-hydrogen) atoms. The lowest BCUT2D eigenvalue weighted by Crippen LogP contribution is -2.40. The molecule has 4 nitrogen and oxygen atoms in total. The van der Waals surface area contributed by atoms with Crippen LogP contribution < -0.4 is 16.0 Å². The Morgan fingerprint density at radius 3 is 2.59 bits per heavy atom. The quantitative estimate of drug-likeness (QED) is 0.914. The molecule has 1 aromatic carbocycles. The zero-order valence-corrected chi connectivity index (χ0v) is 13.3. The van der Waals surface area contributed by atoms with Gasteiger partial charge >= 0.3 is 0 Å². The molecule has 1 saturated heterocycles. The van der Waals surface area contributed by atoms with E-state index >= 15 is 0 Å². The molecule has 0 unspecified atom stereocenters. The average Bonchev–Trinajstić information content (AvgIpc) is 2.55. The van der Waals surface area contributed by atoms with Crippen molar-refractivity contribution in [3.8, 4) is 11.1 Å². The maximum atomic E-state index is 6.00. The zero-order valence-electron chi connectivity index (χ0n) is 13.3. The van der Waals surface area contributed by atoms with Crippen molar-refractivity contribution in [1.82, 2.24) is 4.98 Å². The van der Waals surface area contributed by atoms with Crippen molar-refractivity contribution in [3.63, 3.8) is 0 Å². The van der Waals surface area contributed by atoms with Gasteiger partial charge in [0.2, 0.25) is 0 Å². The van der Waals surface area contributed by atoms with Crippen molar-refractivity contribution < 1.29 is 0 Å².